The summed E-state index contributed by atoms with van der Waals surface area (Å²) >= 11 is 6.24. The molecule has 1 heterocycles. The Morgan fingerprint density at radius 1 is 1.14 bits per heavy atom. The summed E-state index contributed by atoms with van der Waals surface area (Å²) in [6.07, 6.45) is 1.85. The van der Waals surface area contributed by atoms with E-state index in [9.17, 15) is 5.26 Å². The molecule has 3 nitrogen and oxygen atoms in total. The minimum Gasteiger partial charge on any atom is -0.380 e. The zero-order valence-corrected chi connectivity index (χ0v) is 12.9. The standard InChI is InChI=1S/C18H17ClN2O/c19-16-8-4-7-14(12-20)18(16)21-15-9-10-22-17(11-15)13-5-2-1-3-6-13/h1-8,15,17,21H,9-11H2. The highest BCUT2D eigenvalue weighted by Gasteiger charge is 2.24. The lowest BCUT2D eigenvalue weighted by Gasteiger charge is -2.31. The fourth-order valence-corrected chi connectivity index (χ4v) is 3.03. The molecule has 1 N–H and O–H groups in total. The highest BCUT2D eigenvalue weighted by atomic mass is 35.5. The van der Waals surface area contributed by atoms with Gasteiger partial charge in [0.05, 0.1) is 22.4 Å². The SMILES string of the molecule is N#Cc1cccc(Cl)c1NC1CCOC(c2ccccc2)C1. The Hall–Kier alpha value is -2.02. The smallest absolute Gasteiger partial charge is 0.101 e. The lowest BCUT2D eigenvalue weighted by molar-refractivity contribution is 0.00979. The Bertz CT molecular complexity index is 681. The highest BCUT2D eigenvalue weighted by Crippen LogP contribution is 2.32. The molecule has 1 saturated heterocycles. The number of benzene rings is 2. The summed E-state index contributed by atoms with van der Waals surface area (Å²) in [4.78, 5) is 0. The molecule has 22 heavy (non-hydrogen) atoms. The number of rotatable bonds is 3. The molecular formula is C18H17ClN2O. The van der Waals surface area contributed by atoms with E-state index in [1.807, 2.05) is 18.2 Å². The molecule has 2 atom stereocenters. The first-order valence-electron chi connectivity index (χ1n) is 7.39. The van der Waals surface area contributed by atoms with Crippen molar-refractivity contribution in [3.8, 4) is 6.07 Å². The minimum absolute atomic E-state index is 0.0838. The van der Waals surface area contributed by atoms with Crippen molar-refractivity contribution in [1.82, 2.24) is 0 Å². The van der Waals surface area contributed by atoms with Crippen LogP contribution in [0.2, 0.25) is 5.02 Å². The Labute approximate surface area is 135 Å². The van der Waals surface area contributed by atoms with Crippen molar-refractivity contribution < 1.29 is 4.74 Å². The van der Waals surface area contributed by atoms with Gasteiger partial charge in [0, 0.05) is 12.6 Å². The Kier molecular flexibility index (Phi) is 4.62. The zero-order valence-electron chi connectivity index (χ0n) is 12.1. The van der Waals surface area contributed by atoms with E-state index in [1.54, 1.807) is 18.2 Å². The molecule has 2 unspecified atom stereocenters. The van der Waals surface area contributed by atoms with Crippen molar-refractivity contribution in [3.63, 3.8) is 0 Å². The van der Waals surface area contributed by atoms with Crippen LogP contribution in [0.25, 0.3) is 0 Å². The third kappa shape index (κ3) is 3.24. The van der Waals surface area contributed by atoms with Crippen LogP contribution in [0.4, 0.5) is 5.69 Å². The van der Waals surface area contributed by atoms with Crippen LogP contribution in [-0.4, -0.2) is 12.6 Å². The van der Waals surface area contributed by atoms with Gasteiger partial charge in [-0.05, 0) is 30.5 Å². The van der Waals surface area contributed by atoms with Crippen LogP contribution in [-0.2, 0) is 4.74 Å². The number of hydrogen-bond acceptors (Lipinski definition) is 3. The number of anilines is 1. The van der Waals surface area contributed by atoms with Gasteiger partial charge in [-0.3, -0.25) is 0 Å². The average Bonchev–Trinajstić information content (AvgIpc) is 2.58. The molecule has 112 valence electrons. The summed E-state index contributed by atoms with van der Waals surface area (Å²) in [6.45, 7) is 0.698. The number of ether oxygens (including phenoxy) is 1. The maximum Gasteiger partial charge on any atom is 0.101 e. The molecule has 0 saturated carbocycles. The van der Waals surface area contributed by atoms with Crippen LogP contribution in [0, 0.1) is 11.3 Å². The summed E-state index contributed by atoms with van der Waals surface area (Å²) in [6, 6.07) is 18.0. The summed E-state index contributed by atoms with van der Waals surface area (Å²) < 4.78 is 5.88. The fourth-order valence-electron chi connectivity index (χ4n) is 2.80. The average molecular weight is 313 g/mol. The monoisotopic (exact) mass is 312 g/mol. The van der Waals surface area contributed by atoms with Gasteiger partial charge in [0.25, 0.3) is 0 Å². The van der Waals surface area contributed by atoms with Gasteiger partial charge in [-0.15, -0.1) is 0 Å². The Morgan fingerprint density at radius 2 is 1.95 bits per heavy atom. The summed E-state index contributed by atoms with van der Waals surface area (Å²) in [5.74, 6) is 0. The number of nitrogens with one attached hydrogen (secondary N) is 1. The van der Waals surface area contributed by atoms with Gasteiger partial charge < -0.3 is 10.1 Å². The van der Waals surface area contributed by atoms with Crippen LogP contribution in [0.1, 0.15) is 30.1 Å². The molecule has 0 aliphatic carbocycles. The van der Waals surface area contributed by atoms with E-state index in [4.69, 9.17) is 16.3 Å². The maximum atomic E-state index is 9.23. The number of nitriles is 1. The molecule has 0 bridgehead atoms. The van der Waals surface area contributed by atoms with E-state index >= 15 is 0 Å². The van der Waals surface area contributed by atoms with Crippen molar-refractivity contribution in [3.05, 3.63) is 64.7 Å². The van der Waals surface area contributed by atoms with Crippen LogP contribution < -0.4 is 5.32 Å². The van der Waals surface area contributed by atoms with Crippen LogP contribution in [0.15, 0.2) is 48.5 Å². The number of halogens is 1. The molecule has 3 rings (SSSR count). The predicted octanol–water partition coefficient (Wildman–Crippen LogP) is 4.54. The van der Waals surface area contributed by atoms with E-state index < -0.39 is 0 Å². The normalized spacial score (nSPS) is 21.1. The van der Waals surface area contributed by atoms with E-state index in [1.165, 1.54) is 5.56 Å². The first-order chi connectivity index (χ1) is 10.8. The predicted molar refractivity (Wildman–Crippen MR) is 87.9 cm³/mol. The molecule has 1 aliphatic heterocycles. The van der Waals surface area contributed by atoms with Gasteiger partial charge >= 0.3 is 0 Å². The maximum absolute atomic E-state index is 9.23. The second kappa shape index (κ2) is 6.83. The van der Waals surface area contributed by atoms with Crippen LogP contribution in [0.5, 0.6) is 0 Å². The Balaban J connectivity index is 1.75. The molecule has 1 aliphatic rings. The second-order valence-corrected chi connectivity index (χ2v) is 5.82. The lowest BCUT2D eigenvalue weighted by atomic mass is 9.97. The summed E-state index contributed by atoms with van der Waals surface area (Å²) in [5.41, 5.74) is 2.49. The highest BCUT2D eigenvalue weighted by molar-refractivity contribution is 6.33. The fraction of sp³-hybridized carbons (Fsp3) is 0.278. The molecule has 1 fully saturated rings. The van der Waals surface area contributed by atoms with Crippen molar-refractivity contribution in [2.75, 3.05) is 11.9 Å². The molecule has 0 spiro atoms. The zero-order chi connectivity index (χ0) is 15.4. The van der Waals surface area contributed by atoms with E-state index in [-0.39, 0.29) is 12.1 Å². The number of nitrogens with zero attached hydrogens (tertiary/aromatic N) is 1. The van der Waals surface area contributed by atoms with E-state index in [0.717, 1.165) is 18.5 Å². The van der Waals surface area contributed by atoms with E-state index in [2.05, 4.69) is 23.5 Å². The van der Waals surface area contributed by atoms with Crippen molar-refractivity contribution >= 4 is 17.3 Å². The van der Waals surface area contributed by atoms with Gasteiger partial charge in [-0.1, -0.05) is 48.0 Å². The quantitative estimate of drug-likeness (QED) is 0.904. The Morgan fingerprint density at radius 3 is 2.73 bits per heavy atom. The second-order valence-electron chi connectivity index (χ2n) is 5.41. The van der Waals surface area contributed by atoms with Crippen molar-refractivity contribution in [2.45, 2.75) is 25.0 Å². The number of para-hydroxylation sites is 1. The largest absolute Gasteiger partial charge is 0.380 e. The first kappa shape index (κ1) is 14.9. The molecule has 2 aromatic rings. The molecule has 4 heteroatoms. The molecular weight excluding hydrogens is 296 g/mol. The first-order valence-corrected chi connectivity index (χ1v) is 7.77. The van der Waals surface area contributed by atoms with Gasteiger partial charge in [0.2, 0.25) is 0 Å². The summed E-state index contributed by atoms with van der Waals surface area (Å²) in [5, 5.41) is 13.2. The third-order valence-corrected chi connectivity index (χ3v) is 4.25. The van der Waals surface area contributed by atoms with Gasteiger partial charge in [-0.2, -0.15) is 5.26 Å². The van der Waals surface area contributed by atoms with Crippen LogP contribution in [0.3, 0.4) is 0 Å². The van der Waals surface area contributed by atoms with Gasteiger partial charge in [-0.25, -0.2) is 0 Å². The lowest BCUT2D eigenvalue weighted by Crippen LogP contribution is -2.30. The summed E-state index contributed by atoms with van der Waals surface area (Å²) in [7, 11) is 0. The minimum atomic E-state index is 0.0838. The molecule has 0 radical (unpaired) electrons. The van der Waals surface area contributed by atoms with Crippen LogP contribution >= 0.6 is 11.6 Å². The van der Waals surface area contributed by atoms with Crippen molar-refractivity contribution in [2.24, 2.45) is 0 Å². The van der Waals surface area contributed by atoms with Gasteiger partial charge in [0.15, 0.2) is 0 Å². The molecule has 2 aromatic carbocycles. The van der Waals surface area contributed by atoms with Gasteiger partial charge in [0.1, 0.15) is 6.07 Å². The molecule has 0 aromatic heterocycles. The van der Waals surface area contributed by atoms with Crippen molar-refractivity contribution in [1.29, 1.82) is 5.26 Å². The topological polar surface area (TPSA) is 45.0 Å². The van der Waals surface area contributed by atoms with E-state index in [0.29, 0.717) is 17.2 Å². The molecule has 0 amide bonds. The third-order valence-electron chi connectivity index (χ3n) is 3.94. The number of hydrogen-bond donors (Lipinski definition) is 1.